The van der Waals surface area contributed by atoms with E-state index in [0.29, 0.717) is 0 Å². The summed E-state index contributed by atoms with van der Waals surface area (Å²) >= 11 is 0. The number of amides is 2. The van der Waals surface area contributed by atoms with Crippen molar-refractivity contribution in [3.8, 4) is 22.3 Å². The van der Waals surface area contributed by atoms with Gasteiger partial charge in [-0.1, -0.05) is 75.4 Å². The fraction of sp³-hybridized carbons (Fsp3) is 0.296. The van der Waals surface area contributed by atoms with E-state index in [0.717, 1.165) is 22.3 Å². The molecule has 0 saturated carbocycles. The molecule has 0 aliphatic heterocycles. The summed E-state index contributed by atoms with van der Waals surface area (Å²) < 4.78 is 1.59. The van der Waals surface area contributed by atoms with Gasteiger partial charge in [0.05, 0.1) is 6.42 Å². The number of aromatic nitrogens is 1. The van der Waals surface area contributed by atoms with Gasteiger partial charge < -0.3 is 20.3 Å². The van der Waals surface area contributed by atoms with Crippen molar-refractivity contribution >= 4 is 17.8 Å². The maximum Gasteiger partial charge on any atom is 0.306 e. The lowest BCUT2D eigenvalue weighted by Gasteiger charge is -2.31. The Labute approximate surface area is 199 Å². The number of carbonyl (C=O) groups excluding carboxylic acids is 2. The van der Waals surface area contributed by atoms with Crippen molar-refractivity contribution in [2.24, 2.45) is 5.41 Å². The van der Waals surface area contributed by atoms with Gasteiger partial charge in [0.2, 0.25) is 11.8 Å². The molecule has 0 aliphatic rings. The number of nitrogens with one attached hydrogen (secondary N) is 2. The van der Waals surface area contributed by atoms with Gasteiger partial charge in [-0.3, -0.25) is 14.4 Å². The molecule has 3 aromatic rings. The average molecular weight is 462 g/mol. The summed E-state index contributed by atoms with van der Waals surface area (Å²) in [6.07, 6.45) is 3.05. The van der Waals surface area contributed by atoms with Crippen LogP contribution in [0.1, 0.15) is 33.2 Å². The van der Waals surface area contributed by atoms with Gasteiger partial charge in [0, 0.05) is 19.4 Å². The van der Waals surface area contributed by atoms with Gasteiger partial charge in [0.1, 0.15) is 12.1 Å². The number of carbonyl (C=O) groups is 3. The Morgan fingerprint density at radius 2 is 1.41 bits per heavy atom. The second-order valence-electron chi connectivity index (χ2n) is 9.33. The summed E-state index contributed by atoms with van der Waals surface area (Å²) in [5, 5.41) is 14.7. The molecular formula is C27H31N3O4. The van der Waals surface area contributed by atoms with Crippen LogP contribution in [-0.4, -0.2) is 40.5 Å². The molecule has 0 spiro atoms. The van der Waals surface area contributed by atoms with Crippen LogP contribution in [0, 0.1) is 5.41 Å². The van der Waals surface area contributed by atoms with E-state index in [1.807, 2.05) is 81.4 Å². The SMILES string of the molecule is CNC(=O)C(NC(=O)C(CC(=O)O)n1ccc(-c2ccc(-c3ccccc3)cc2)c1)C(C)(C)C. The molecule has 7 heteroatoms. The van der Waals surface area contributed by atoms with Gasteiger partial charge >= 0.3 is 5.97 Å². The molecular weight excluding hydrogens is 430 g/mol. The van der Waals surface area contributed by atoms with Crippen LogP contribution in [0.15, 0.2) is 73.1 Å². The lowest BCUT2D eigenvalue weighted by atomic mass is 9.86. The summed E-state index contributed by atoms with van der Waals surface area (Å²) in [7, 11) is 1.50. The minimum absolute atomic E-state index is 0.332. The second-order valence-corrected chi connectivity index (χ2v) is 9.33. The predicted octanol–water partition coefficient (Wildman–Crippen LogP) is 4.11. The minimum atomic E-state index is -1.10. The maximum atomic E-state index is 13.1. The highest BCUT2D eigenvalue weighted by Crippen LogP contribution is 2.27. The zero-order chi connectivity index (χ0) is 24.9. The predicted molar refractivity (Wildman–Crippen MR) is 132 cm³/mol. The number of benzene rings is 2. The molecule has 178 valence electrons. The Hall–Kier alpha value is -3.87. The van der Waals surface area contributed by atoms with E-state index in [4.69, 9.17) is 0 Å². The number of hydrogen-bond acceptors (Lipinski definition) is 3. The molecule has 3 rings (SSSR count). The second kappa shape index (κ2) is 10.4. The number of aliphatic carboxylic acids is 1. The van der Waals surface area contributed by atoms with Crippen LogP contribution in [0.4, 0.5) is 0 Å². The number of hydrogen-bond donors (Lipinski definition) is 3. The van der Waals surface area contributed by atoms with Crippen molar-refractivity contribution in [1.82, 2.24) is 15.2 Å². The summed E-state index contributed by atoms with van der Waals surface area (Å²) in [6.45, 7) is 5.52. The first-order chi connectivity index (χ1) is 16.1. The third-order valence-corrected chi connectivity index (χ3v) is 5.73. The van der Waals surface area contributed by atoms with Crippen molar-refractivity contribution in [3.05, 3.63) is 73.1 Å². The maximum absolute atomic E-state index is 13.1. The minimum Gasteiger partial charge on any atom is -0.481 e. The van der Waals surface area contributed by atoms with Crippen LogP contribution >= 0.6 is 0 Å². The smallest absolute Gasteiger partial charge is 0.306 e. The van der Waals surface area contributed by atoms with Gasteiger partial charge in [-0.25, -0.2) is 0 Å². The molecule has 7 nitrogen and oxygen atoms in total. The number of likely N-dealkylation sites (N-methyl/N-ethyl adjacent to an activating group) is 1. The van der Waals surface area contributed by atoms with Crippen molar-refractivity contribution in [3.63, 3.8) is 0 Å². The van der Waals surface area contributed by atoms with Crippen LogP contribution in [0.5, 0.6) is 0 Å². The van der Waals surface area contributed by atoms with Crippen molar-refractivity contribution in [2.75, 3.05) is 7.05 Å². The van der Waals surface area contributed by atoms with E-state index in [1.165, 1.54) is 7.05 Å². The fourth-order valence-electron chi connectivity index (χ4n) is 3.82. The van der Waals surface area contributed by atoms with Crippen molar-refractivity contribution < 1.29 is 19.5 Å². The third kappa shape index (κ3) is 5.92. The molecule has 2 amide bonds. The highest BCUT2D eigenvalue weighted by Gasteiger charge is 2.35. The molecule has 0 aliphatic carbocycles. The molecule has 2 unspecified atom stereocenters. The summed E-state index contributed by atoms with van der Waals surface area (Å²) in [6, 6.07) is 18.1. The number of nitrogens with zero attached hydrogens (tertiary/aromatic N) is 1. The van der Waals surface area contributed by atoms with E-state index >= 15 is 0 Å². The Kier molecular flexibility index (Phi) is 7.56. The van der Waals surface area contributed by atoms with Crippen LogP contribution in [0.2, 0.25) is 0 Å². The Balaban J connectivity index is 1.84. The number of rotatable bonds is 8. The summed E-state index contributed by atoms with van der Waals surface area (Å²) in [5.41, 5.74) is 3.47. The standard InChI is InChI=1S/C27H31N3O4/c1-27(2,3)24(26(34)28-4)29-25(33)22(16-23(31)32)30-15-14-21(17-30)20-12-10-19(11-13-20)18-8-6-5-7-9-18/h5-15,17,22,24H,16H2,1-4H3,(H,28,34)(H,29,33)(H,31,32). The van der Waals surface area contributed by atoms with Crippen LogP contribution in [0.3, 0.4) is 0 Å². The first-order valence-electron chi connectivity index (χ1n) is 11.2. The lowest BCUT2D eigenvalue weighted by molar-refractivity contribution is -0.141. The van der Waals surface area contributed by atoms with Crippen LogP contribution < -0.4 is 10.6 Å². The van der Waals surface area contributed by atoms with E-state index < -0.39 is 35.8 Å². The highest BCUT2D eigenvalue weighted by molar-refractivity contribution is 5.91. The molecule has 0 radical (unpaired) electrons. The molecule has 0 bridgehead atoms. The van der Waals surface area contributed by atoms with Gasteiger partial charge in [-0.05, 0) is 33.7 Å². The molecule has 34 heavy (non-hydrogen) atoms. The normalized spacial score (nSPS) is 13.1. The van der Waals surface area contributed by atoms with Crippen LogP contribution in [0.25, 0.3) is 22.3 Å². The van der Waals surface area contributed by atoms with E-state index in [2.05, 4.69) is 10.6 Å². The molecule has 2 atom stereocenters. The van der Waals surface area contributed by atoms with E-state index in [1.54, 1.807) is 17.0 Å². The third-order valence-electron chi connectivity index (χ3n) is 5.73. The topological polar surface area (TPSA) is 100 Å². The van der Waals surface area contributed by atoms with Crippen molar-refractivity contribution in [2.45, 2.75) is 39.3 Å². The molecule has 0 saturated heterocycles. The molecule has 2 aromatic carbocycles. The Morgan fingerprint density at radius 1 is 0.853 bits per heavy atom. The zero-order valence-electron chi connectivity index (χ0n) is 19.9. The molecule has 1 heterocycles. The number of carboxylic acids is 1. The highest BCUT2D eigenvalue weighted by atomic mass is 16.4. The zero-order valence-corrected chi connectivity index (χ0v) is 19.9. The Bertz CT molecular complexity index is 1140. The first kappa shape index (κ1) is 24.8. The van der Waals surface area contributed by atoms with Gasteiger partial charge in [0.25, 0.3) is 0 Å². The molecule has 0 fully saturated rings. The Morgan fingerprint density at radius 3 is 1.94 bits per heavy atom. The molecule has 1 aromatic heterocycles. The largest absolute Gasteiger partial charge is 0.481 e. The van der Waals surface area contributed by atoms with Gasteiger partial charge in [-0.15, -0.1) is 0 Å². The van der Waals surface area contributed by atoms with Gasteiger partial charge in [-0.2, -0.15) is 0 Å². The van der Waals surface area contributed by atoms with Crippen molar-refractivity contribution in [1.29, 1.82) is 0 Å². The fourth-order valence-corrected chi connectivity index (χ4v) is 3.82. The van der Waals surface area contributed by atoms with Crippen LogP contribution in [-0.2, 0) is 14.4 Å². The van der Waals surface area contributed by atoms with E-state index in [9.17, 15) is 19.5 Å². The average Bonchev–Trinajstić information content (AvgIpc) is 3.30. The summed E-state index contributed by atoms with van der Waals surface area (Å²) in [5.74, 6) is -1.95. The lowest BCUT2D eigenvalue weighted by Crippen LogP contribution is -2.54. The van der Waals surface area contributed by atoms with Gasteiger partial charge in [0.15, 0.2) is 0 Å². The first-order valence-corrected chi connectivity index (χ1v) is 11.2. The molecule has 3 N–H and O–H groups in total. The monoisotopic (exact) mass is 461 g/mol. The quantitative estimate of drug-likeness (QED) is 0.470. The van der Waals surface area contributed by atoms with E-state index in [-0.39, 0.29) is 5.91 Å². The number of carboxylic acid groups (broad SMARTS) is 1. The summed E-state index contributed by atoms with van der Waals surface area (Å²) in [4.78, 5) is 37.0.